The van der Waals surface area contributed by atoms with E-state index in [2.05, 4.69) is 20.9 Å². The first-order valence-corrected chi connectivity index (χ1v) is 11.4. The summed E-state index contributed by atoms with van der Waals surface area (Å²) in [5, 5.41) is 14.1. The number of benzene rings is 4. The first-order chi connectivity index (χ1) is 17.1. The lowest BCUT2D eigenvalue weighted by Crippen LogP contribution is -2.43. The molecule has 0 spiro atoms. The van der Waals surface area contributed by atoms with E-state index in [1.165, 1.54) is 0 Å². The van der Waals surface area contributed by atoms with Gasteiger partial charge in [0.15, 0.2) is 0 Å². The fourth-order valence-electron chi connectivity index (χ4n) is 3.62. The molecular weight excluding hydrogens is 436 g/mol. The van der Waals surface area contributed by atoms with Crippen molar-refractivity contribution < 1.29 is 9.59 Å². The lowest BCUT2D eigenvalue weighted by atomic mass is 9.90. The Kier molecular flexibility index (Phi) is 7.76. The van der Waals surface area contributed by atoms with Crippen LogP contribution in [-0.4, -0.2) is 17.9 Å². The maximum Gasteiger partial charge on any atom is 0.246 e. The van der Waals surface area contributed by atoms with Gasteiger partial charge in [-0.3, -0.25) is 9.59 Å². The molecule has 0 bridgehead atoms. The van der Waals surface area contributed by atoms with Gasteiger partial charge in [0, 0.05) is 5.69 Å². The van der Waals surface area contributed by atoms with Crippen LogP contribution in [0.3, 0.4) is 0 Å². The number of hydrogen-bond acceptors (Lipinski definition) is 4. The number of anilines is 1. The second-order valence-corrected chi connectivity index (χ2v) is 8.06. The lowest BCUT2D eigenvalue weighted by molar-refractivity contribution is -0.126. The summed E-state index contributed by atoms with van der Waals surface area (Å²) in [4.78, 5) is 26.0. The van der Waals surface area contributed by atoms with Crippen molar-refractivity contribution in [3.8, 4) is 0 Å². The molecule has 0 fully saturated rings. The molecule has 4 aromatic carbocycles. The van der Waals surface area contributed by atoms with Gasteiger partial charge in [0.2, 0.25) is 11.8 Å². The highest BCUT2D eigenvalue weighted by atomic mass is 16.2. The van der Waals surface area contributed by atoms with Crippen molar-refractivity contribution in [2.24, 2.45) is 10.2 Å². The Morgan fingerprint density at radius 1 is 0.600 bits per heavy atom. The van der Waals surface area contributed by atoms with Gasteiger partial charge in [0.05, 0.1) is 17.3 Å². The van der Waals surface area contributed by atoms with E-state index in [0.29, 0.717) is 11.4 Å². The second kappa shape index (κ2) is 11.5. The largest absolute Gasteiger partial charge is 0.344 e. The quantitative estimate of drug-likeness (QED) is 0.298. The van der Waals surface area contributed by atoms with Gasteiger partial charge in [-0.2, -0.15) is 10.2 Å². The van der Waals surface area contributed by atoms with Crippen LogP contribution < -0.4 is 10.6 Å². The van der Waals surface area contributed by atoms with Crippen LogP contribution in [0.2, 0.25) is 0 Å². The molecule has 1 atom stereocenters. The van der Waals surface area contributed by atoms with Crippen LogP contribution in [0, 0.1) is 0 Å². The monoisotopic (exact) mass is 462 g/mol. The molecule has 35 heavy (non-hydrogen) atoms. The summed E-state index contributed by atoms with van der Waals surface area (Å²) in [6, 6.07) is 34.9. The molecule has 0 heterocycles. The van der Waals surface area contributed by atoms with Gasteiger partial charge in [-0.1, -0.05) is 78.9 Å². The van der Waals surface area contributed by atoms with Gasteiger partial charge in [-0.15, -0.1) is 0 Å². The first kappa shape index (κ1) is 23.6. The van der Waals surface area contributed by atoms with Crippen molar-refractivity contribution in [3.63, 3.8) is 0 Å². The van der Waals surface area contributed by atoms with Crippen LogP contribution in [0.1, 0.15) is 24.0 Å². The van der Waals surface area contributed by atoms with Gasteiger partial charge in [-0.25, -0.2) is 0 Å². The highest BCUT2D eigenvalue weighted by molar-refractivity contribution is 5.98. The molecule has 0 aromatic heterocycles. The molecule has 0 aliphatic carbocycles. The van der Waals surface area contributed by atoms with E-state index < -0.39 is 12.0 Å². The summed E-state index contributed by atoms with van der Waals surface area (Å²) in [6.07, 6.45) is 0. The summed E-state index contributed by atoms with van der Waals surface area (Å²) in [5.41, 5.74) is 3.77. The number of nitrogens with zero attached hydrogens (tertiary/aromatic N) is 2. The zero-order valence-corrected chi connectivity index (χ0v) is 19.3. The SMILES string of the molecule is C[C@H](NC(=O)C(c1ccccc1)c1ccccc1)C(=O)Nc1ccc(N=Nc2ccccc2)cc1. The molecule has 6 nitrogen and oxygen atoms in total. The highest BCUT2D eigenvalue weighted by Crippen LogP contribution is 2.25. The molecule has 0 saturated carbocycles. The maximum atomic E-state index is 13.2. The van der Waals surface area contributed by atoms with Crippen molar-refractivity contribution in [3.05, 3.63) is 126 Å². The molecule has 0 radical (unpaired) electrons. The van der Waals surface area contributed by atoms with Crippen molar-refractivity contribution in [2.75, 3.05) is 5.32 Å². The smallest absolute Gasteiger partial charge is 0.246 e. The Bertz CT molecular complexity index is 1240. The van der Waals surface area contributed by atoms with Crippen LogP contribution in [-0.2, 0) is 9.59 Å². The highest BCUT2D eigenvalue weighted by Gasteiger charge is 2.25. The number of amides is 2. The molecule has 0 unspecified atom stereocenters. The van der Waals surface area contributed by atoms with Gasteiger partial charge in [0.1, 0.15) is 6.04 Å². The number of azo groups is 1. The Hall–Kier alpha value is -4.58. The molecule has 0 aliphatic heterocycles. The third-order valence-electron chi connectivity index (χ3n) is 5.45. The Morgan fingerprint density at radius 3 is 1.57 bits per heavy atom. The van der Waals surface area contributed by atoms with Crippen molar-refractivity contribution in [1.82, 2.24) is 5.32 Å². The van der Waals surface area contributed by atoms with Crippen LogP contribution >= 0.6 is 0 Å². The number of rotatable bonds is 8. The van der Waals surface area contributed by atoms with E-state index >= 15 is 0 Å². The fraction of sp³-hybridized carbons (Fsp3) is 0.103. The van der Waals surface area contributed by atoms with E-state index in [0.717, 1.165) is 16.8 Å². The normalized spacial score (nSPS) is 11.8. The molecule has 4 rings (SSSR count). The van der Waals surface area contributed by atoms with Crippen LogP contribution in [0.15, 0.2) is 125 Å². The first-order valence-electron chi connectivity index (χ1n) is 11.4. The number of nitrogens with one attached hydrogen (secondary N) is 2. The Morgan fingerprint density at radius 2 is 1.06 bits per heavy atom. The molecule has 2 amide bonds. The van der Waals surface area contributed by atoms with Crippen LogP contribution in [0.25, 0.3) is 0 Å². The summed E-state index contributed by atoms with van der Waals surface area (Å²) in [6.45, 7) is 1.67. The van der Waals surface area contributed by atoms with E-state index in [9.17, 15) is 9.59 Å². The fourth-order valence-corrected chi connectivity index (χ4v) is 3.62. The van der Waals surface area contributed by atoms with E-state index in [1.807, 2.05) is 91.0 Å². The maximum absolute atomic E-state index is 13.2. The van der Waals surface area contributed by atoms with Gasteiger partial charge in [0.25, 0.3) is 0 Å². The Balaban J connectivity index is 1.39. The standard InChI is InChI=1S/C29H26N4O2/c1-21(30-29(35)27(22-11-5-2-6-12-22)23-13-7-3-8-14-23)28(34)31-24-17-19-26(20-18-24)33-32-25-15-9-4-10-16-25/h2-21,27H,1H3,(H,30,35)(H,31,34)/t21-/m0/s1. The topological polar surface area (TPSA) is 82.9 Å². The molecule has 4 aromatic rings. The molecule has 174 valence electrons. The van der Waals surface area contributed by atoms with Gasteiger partial charge < -0.3 is 10.6 Å². The number of carbonyl (C=O) groups is 2. The minimum absolute atomic E-state index is 0.235. The Labute approximate surface area is 204 Å². The average Bonchev–Trinajstić information content (AvgIpc) is 2.90. The zero-order chi connectivity index (χ0) is 24.5. The minimum Gasteiger partial charge on any atom is -0.344 e. The molecule has 6 heteroatoms. The average molecular weight is 463 g/mol. The summed E-state index contributed by atoms with van der Waals surface area (Å²) >= 11 is 0. The third kappa shape index (κ3) is 6.48. The summed E-state index contributed by atoms with van der Waals surface area (Å²) in [7, 11) is 0. The summed E-state index contributed by atoms with van der Waals surface area (Å²) in [5.74, 6) is -1.06. The van der Waals surface area contributed by atoms with E-state index in [-0.39, 0.29) is 11.8 Å². The molecular formula is C29H26N4O2. The molecule has 0 saturated heterocycles. The van der Waals surface area contributed by atoms with Crippen LogP contribution in [0.4, 0.5) is 17.1 Å². The second-order valence-electron chi connectivity index (χ2n) is 8.06. The third-order valence-corrected chi connectivity index (χ3v) is 5.45. The van der Waals surface area contributed by atoms with Gasteiger partial charge in [-0.05, 0) is 54.4 Å². The number of carbonyl (C=O) groups excluding carboxylic acids is 2. The van der Waals surface area contributed by atoms with Crippen molar-refractivity contribution >= 4 is 28.9 Å². The van der Waals surface area contributed by atoms with Gasteiger partial charge >= 0.3 is 0 Å². The van der Waals surface area contributed by atoms with Crippen molar-refractivity contribution in [1.29, 1.82) is 0 Å². The number of hydrogen-bond donors (Lipinski definition) is 2. The molecule has 0 aliphatic rings. The summed E-state index contributed by atoms with van der Waals surface area (Å²) < 4.78 is 0. The van der Waals surface area contributed by atoms with Crippen molar-refractivity contribution in [2.45, 2.75) is 18.9 Å². The zero-order valence-electron chi connectivity index (χ0n) is 19.3. The van der Waals surface area contributed by atoms with E-state index in [1.54, 1.807) is 31.2 Å². The van der Waals surface area contributed by atoms with Crippen LogP contribution in [0.5, 0.6) is 0 Å². The van der Waals surface area contributed by atoms with E-state index in [4.69, 9.17) is 0 Å². The predicted molar refractivity (Wildman–Crippen MR) is 138 cm³/mol. The predicted octanol–water partition coefficient (Wildman–Crippen LogP) is 6.38. The molecule has 2 N–H and O–H groups in total. The lowest BCUT2D eigenvalue weighted by Gasteiger charge is -2.21. The minimum atomic E-state index is -0.727.